The molecular formula is C17H15F3N2O3. The number of carbonyl (C=O) groups excluding carboxylic acids is 2. The number of anilines is 1. The van der Waals surface area contributed by atoms with Gasteiger partial charge in [0.15, 0.2) is 0 Å². The molecule has 0 spiro atoms. The zero-order valence-electron chi connectivity index (χ0n) is 13.4. The standard InChI is InChI=1S/C17H15F3N2O3/c1-22(2)16(24)12-3-7-13(8-4-12)21-15(23)11-5-9-14(10-6-11)25-17(18,19)20/h3-10H,1-2H3,(H,21,23). The van der Waals surface area contributed by atoms with Crippen molar-refractivity contribution in [2.24, 2.45) is 0 Å². The van der Waals surface area contributed by atoms with E-state index in [-0.39, 0.29) is 11.5 Å². The first-order chi connectivity index (χ1) is 11.7. The average molecular weight is 352 g/mol. The Kier molecular flexibility index (Phi) is 5.31. The summed E-state index contributed by atoms with van der Waals surface area (Å²) in [4.78, 5) is 25.3. The van der Waals surface area contributed by atoms with Crippen molar-refractivity contribution >= 4 is 17.5 Å². The average Bonchev–Trinajstić information content (AvgIpc) is 2.54. The summed E-state index contributed by atoms with van der Waals surface area (Å²) in [5, 5.41) is 2.59. The Labute approximate surface area is 142 Å². The van der Waals surface area contributed by atoms with Crippen LogP contribution < -0.4 is 10.1 Å². The number of hydrogen-bond donors (Lipinski definition) is 1. The SMILES string of the molecule is CN(C)C(=O)c1ccc(NC(=O)c2ccc(OC(F)(F)F)cc2)cc1. The number of halogens is 3. The van der Waals surface area contributed by atoms with E-state index in [1.807, 2.05) is 0 Å². The predicted octanol–water partition coefficient (Wildman–Crippen LogP) is 3.54. The summed E-state index contributed by atoms with van der Waals surface area (Å²) in [7, 11) is 3.26. The lowest BCUT2D eigenvalue weighted by atomic mass is 10.1. The van der Waals surface area contributed by atoms with Gasteiger partial charge in [-0.2, -0.15) is 0 Å². The molecule has 0 aromatic heterocycles. The Hall–Kier alpha value is -3.03. The van der Waals surface area contributed by atoms with Gasteiger partial charge >= 0.3 is 6.36 Å². The van der Waals surface area contributed by atoms with E-state index in [9.17, 15) is 22.8 Å². The number of hydrogen-bond acceptors (Lipinski definition) is 3. The van der Waals surface area contributed by atoms with Gasteiger partial charge in [-0.05, 0) is 48.5 Å². The van der Waals surface area contributed by atoms with Crippen molar-refractivity contribution in [2.45, 2.75) is 6.36 Å². The van der Waals surface area contributed by atoms with Crippen LogP contribution in [0.2, 0.25) is 0 Å². The lowest BCUT2D eigenvalue weighted by Crippen LogP contribution is -2.21. The molecule has 2 amide bonds. The molecule has 132 valence electrons. The molecule has 0 fully saturated rings. The zero-order valence-corrected chi connectivity index (χ0v) is 13.4. The third-order valence-corrected chi connectivity index (χ3v) is 3.15. The monoisotopic (exact) mass is 352 g/mol. The minimum atomic E-state index is -4.78. The number of amides is 2. The zero-order chi connectivity index (χ0) is 18.6. The molecular weight excluding hydrogens is 337 g/mol. The molecule has 8 heteroatoms. The lowest BCUT2D eigenvalue weighted by Gasteiger charge is -2.11. The van der Waals surface area contributed by atoms with Crippen LogP contribution in [0.3, 0.4) is 0 Å². The van der Waals surface area contributed by atoms with E-state index in [1.54, 1.807) is 38.4 Å². The molecule has 0 saturated carbocycles. The van der Waals surface area contributed by atoms with Gasteiger partial charge in [0.1, 0.15) is 5.75 Å². The van der Waals surface area contributed by atoms with Crippen LogP contribution in [0.25, 0.3) is 0 Å². The van der Waals surface area contributed by atoms with Crippen molar-refractivity contribution in [1.82, 2.24) is 4.90 Å². The molecule has 0 aliphatic heterocycles. The topological polar surface area (TPSA) is 58.6 Å². The summed E-state index contributed by atoms with van der Waals surface area (Å²) in [6, 6.07) is 10.8. The van der Waals surface area contributed by atoms with Gasteiger partial charge in [-0.3, -0.25) is 9.59 Å². The fraction of sp³-hybridized carbons (Fsp3) is 0.176. The van der Waals surface area contributed by atoms with Gasteiger partial charge in [-0.15, -0.1) is 13.2 Å². The van der Waals surface area contributed by atoms with Crippen LogP contribution >= 0.6 is 0 Å². The van der Waals surface area contributed by atoms with Crippen molar-refractivity contribution in [2.75, 3.05) is 19.4 Å². The highest BCUT2D eigenvalue weighted by molar-refractivity contribution is 6.04. The van der Waals surface area contributed by atoms with Crippen molar-refractivity contribution in [3.05, 3.63) is 59.7 Å². The molecule has 0 aliphatic carbocycles. The van der Waals surface area contributed by atoms with Crippen LogP contribution in [0, 0.1) is 0 Å². The van der Waals surface area contributed by atoms with E-state index in [2.05, 4.69) is 10.1 Å². The van der Waals surface area contributed by atoms with E-state index in [1.165, 1.54) is 17.0 Å². The Morgan fingerprint density at radius 3 is 1.92 bits per heavy atom. The van der Waals surface area contributed by atoms with Crippen molar-refractivity contribution in [1.29, 1.82) is 0 Å². The molecule has 25 heavy (non-hydrogen) atoms. The molecule has 0 bridgehead atoms. The van der Waals surface area contributed by atoms with Gasteiger partial charge in [-0.25, -0.2) is 0 Å². The molecule has 0 unspecified atom stereocenters. The van der Waals surface area contributed by atoms with Crippen molar-refractivity contribution < 1.29 is 27.5 Å². The van der Waals surface area contributed by atoms with E-state index in [4.69, 9.17) is 0 Å². The summed E-state index contributed by atoms with van der Waals surface area (Å²) in [6.45, 7) is 0. The first-order valence-corrected chi connectivity index (χ1v) is 7.14. The van der Waals surface area contributed by atoms with Gasteiger partial charge in [0.25, 0.3) is 11.8 Å². The highest BCUT2D eigenvalue weighted by atomic mass is 19.4. The minimum absolute atomic E-state index is 0.168. The molecule has 0 radical (unpaired) electrons. The Bertz CT molecular complexity index is 754. The summed E-state index contributed by atoms with van der Waals surface area (Å²) >= 11 is 0. The Morgan fingerprint density at radius 2 is 1.44 bits per heavy atom. The maximum absolute atomic E-state index is 12.1. The fourth-order valence-electron chi connectivity index (χ4n) is 1.97. The van der Waals surface area contributed by atoms with Crippen LogP contribution in [0.1, 0.15) is 20.7 Å². The van der Waals surface area contributed by atoms with Crippen LogP contribution in [0.5, 0.6) is 5.75 Å². The Morgan fingerprint density at radius 1 is 0.920 bits per heavy atom. The number of rotatable bonds is 4. The summed E-state index contributed by atoms with van der Waals surface area (Å²) in [5.74, 6) is -1.07. The molecule has 1 N–H and O–H groups in total. The number of nitrogens with zero attached hydrogens (tertiary/aromatic N) is 1. The molecule has 0 saturated heterocycles. The maximum Gasteiger partial charge on any atom is 0.573 e. The third-order valence-electron chi connectivity index (χ3n) is 3.15. The fourth-order valence-corrected chi connectivity index (χ4v) is 1.97. The highest BCUT2D eigenvalue weighted by Gasteiger charge is 2.31. The number of nitrogens with one attached hydrogen (secondary N) is 1. The smallest absolute Gasteiger partial charge is 0.406 e. The van der Waals surface area contributed by atoms with Crippen LogP contribution in [-0.2, 0) is 0 Å². The summed E-state index contributed by atoms with van der Waals surface area (Å²) < 4.78 is 40.0. The number of carbonyl (C=O) groups is 2. The van der Waals surface area contributed by atoms with Gasteiger partial charge in [0.05, 0.1) is 0 Å². The molecule has 2 aromatic carbocycles. The second-order valence-electron chi connectivity index (χ2n) is 5.30. The van der Waals surface area contributed by atoms with E-state index >= 15 is 0 Å². The molecule has 5 nitrogen and oxygen atoms in total. The van der Waals surface area contributed by atoms with Gasteiger partial charge in [0, 0.05) is 30.9 Å². The summed E-state index contributed by atoms with van der Waals surface area (Å²) in [6.07, 6.45) is -4.78. The number of alkyl halides is 3. The number of ether oxygens (including phenoxy) is 1. The number of benzene rings is 2. The molecule has 2 aromatic rings. The van der Waals surface area contributed by atoms with Crippen molar-refractivity contribution in [3.8, 4) is 5.75 Å². The summed E-state index contributed by atoms with van der Waals surface area (Å²) in [5.41, 5.74) is 1.09. The minimum Gasteiger partial charge on any atom is -0.406 e. The first kappa shape index (κ1) is 18.3. The van der Waals surface area contributed by atoms with Crippen molar-refractivity contribution in [3.63, 3.8) is 0 Å². The van der Waals surface area contributed by atoms with Crippen LogP contribution in [-0.4, -0.2) is 37.2 Å². The van der Waals surface area contributed by atoms with Gasteiger partial charge < -0.3 is 15.0 Å². The molecule has 0 atom stereocenters. The van der Waals surface area contributed by atoms with E-state index < -0.39 is 18.0 Å². The molecule has 0 heterocycles. The second-order valence-corrected chi connectivity index (χ2v) is 5.30. The van der Waals surface area contributed by atoms with Crippen LogP contribution in [0.4, 0.5) is 18.9 Å². The molecule has 0 aliphatic rings. The van der Waals surface area contributed by atoms with Crippen LogP contribution in [0.15, 0.2) is 48.5 Å². The third kappa shape index (κ3) is 5.23. The normalized spacial score (nSPS) is 10.9. The largest absolute Gasteiger partial charge is 0.573 e. The van der Waals surface area contributed by atoms with Gasteiger partial charge in [0.2, 0.25) is 0 Å². The predicted molar refractivity (Wildman–Crippen MR) is 85.5 cm³/mol. The van der Waals surface area contributed by atoms with E-state index in [0.717, 1.165) is 12.1 Å². The Balaban J connectivity index is 2.03. The van der Waals surface area contributed by atoms with Gasteiger partial charge in [-0.1, -0.05) is 0 Å². The highest BCUT2D eigenvalue weighted by Crippen LogP contribution is 2.23. The lowest BCUT2D eigenvalue weighted by molar-refractivity contribution is -0.274. The first-order valence-electron chi connectivity index (χ1n) is 7.14. The quantitative estimate of drug-likeness (QED) is 0.916. The van der Waals surface area contributed by atoms with E-state index in [0.29, 0.717) is 11.3 Å². The maximum atomic E-state index is 12.1. The molecule has 2 rings (SSSR count). The second kappa shape index (κ2) is 7.25.